The lowest BCUT2D eigenvalue weighted by molar-refractivity contribution is -0.124. The van der Waals surface area contributed by atoms with Crippen LogP contribution in [0.25, 0.3) is 0 Å². The summed E-state index contributed by atoms with van der Waals surface area (Å²) in [6.07, 6.45) is 0. The number of imide groups is 1. The van der Waals surface area contributed by atoms with E-state index in [0.717, 1.165) is 37.3 Å². The fraction of sp³-hybridized carbons (Fsp3) is 0.500. The smallest absolute Gasteiger partial charge is 0.314 e. The molecule has 1 aromatic carbocycles. The Morgan fingerprint density at radius 3 is 2.55 bits per heavy atom. The maximum atomic E-state index is 12.1. The van der Waals surface area contributed by atoms with Crippen LogP contribution in [0.1, 0.15) is 18.1 Å². The number of carbonyl (C=O) groups is 2. The molecule has 1 heterocycles. The first kappa shape index (κ1) is 16.5. The SMILES string of the molecule is Cc1ccc(NC(=O)NC(=O)C(C)N2CCNCC2)c(C)c1. The van der Waals surface area contributed by atoms with Crippen molar-refractivity contribution in [3.63, 3.8) is 0 Å². The van der Waals surface area contributed by atoms with Crippen LogP contribution in [0.5, 0.6) is 0 Å². The zero-order valence-corrected chi connectivity index (χ0v) is 13.4. The number of nitrogens with zero attached hydrogens (tertiary/aromatic N) is 1. The van der Waals surface area contributed by atoms with Crippen molar-refractivity contribution in [1.82, 2.24) is 15.5 Å². The Morgan fingerprint density at radius 1 is 1.23 bits per heavy atom. The van der Waals surface area contributed by atoms with Gasteiger partial charge >= 0.3 is 6.03 Å². The molecule has 0 spiro atoms. The van der Waals surface area contributed by atoms with Crippen molar-refractivity contribution in [3.8, 4) is 0 Å². The Balaban J connectivity index is 1.89. The summed E-state index contributed by atoms with van der Waals surface area (Å²) < 4.78 is 0. The minimum Gasteiger partial charge on any atom is -0.314 e. The number of amides is 3. The monoisotopic (exact) mass is 304 g/mol. The summed E-state index contributed by atoms with van der Waals surface area (Å²) in [7, 11) is 0. The molecule has 0 radical (unpaired) electrons. The lowest BCUT2D eigenvalue weighted by Gasteiger charge is -2.31. The first-order valence-corrected chi connectivity index (χ1v) is 7.61. The number of piperazine rings is 1. The molecule has 0 bridgehead atoms. The highest BCUT2D eigenvalue weighted by molar-refractivity contribution is 6.03. The van der Waals surface area contributed by atoms with E-state index in [0.29, 0.717) is 5.69 Å². The second-order valence-corrected chi connectivity index (χ2v) is 5.72. The third-order valence-electron chi connectivity index (χ3n) is 3.95. The Morgan fingerprint density at radius 2 is 1.91 bits per heavy atom. The standard InChI is InChI=1S/C16H24N4O2/c1-11-4-5-14(12(2)10-11)18-16(22)19-15(21)13(3)20-8-6-17-7-9-20/h4-5,10,13,17H,6-9H2,1-3H3,(H2,18,19,21,22). The number of hydrogen-bond acceptors (Lipinski definition) is 4. The van der Waals surface area contributed by atoms with Crippen LogP contribution in [0.3, 0.4) is 0 Å². The molecule has 1 atom stereocenters. The fourth-order valence-electron chi connectivity index (χ4n) is 2.56. The van der Waals surface area contributed by atoms with Crippen LogP contribution in [-0.4, -0.2) is 49.1 Å². The number of urea groups is 1. The van der Waals surface area contributed by atoms with Gasteiger partial charge in [-0.05, 0) is 32.4 Å². The molecular formula is C16H24N4O2. The van der Waals surface area contributed by atoms with Crippen molar-refractivity contribution in [2.75, 3.05) is 31.5 Å². The van der Waals surface area contributed by atoms with Crippen molar-refractivity contribution in [1.29, 1.82) is 0 Å². The van der Waals surface area contributed by atoms with E-state index < -0.39 is 6.03 Å². The van der Waals surface area contributed by atoms with Crippen LogP contribution >= 0.6 is 0 Å². The molecule has 3 amide bonds. The third kappa shape index (κ3) is 4.29. The highest BCUT2D eigenvalue weighted by Gasteiger charge is 2.24. The van der Waals surface area contributed by atoms with Gasteiger partial charge < -0.3 is 10.6 Å². The van der Waals surface area contributed by atoms with Gasteiger partial charge in [0.05, 0.1) is 6.04 Å². The van der Waals surface area contributed by atoms with Gasteiger partial charge in [0.25, 0.3) is 0 Å². The van der Waals surface area contributed by atoms with Gasteiger partial charge in [-0.25, -0.2) is 4.79 Å². The fourth-order valence-corrected chi connectivity index (χ4v) is 2.56. The topological polar surface area (TPSA) is 73.5 Å². The second kappa shape index (κ2) is 7.38. The Hall–Kier alpha value is -1.92. The maximum Gasteiger partial charge on any atom is 0.325 e. The molecule has 0 aliphatic carbocycles. The van der Waals surface area contributed by atoms with Crippen molar-refractivity contribution >= 4 is 17.6 Å². The number of anilines is 1. The normalized spacial score (nSPS) is 16.9. The number of benzene rings is 1. The van der Waals surface area contributed by atoms with E-state index in [1.54, 1.807) is 0 Å². The Kier molecular flexibility index (Phi) is 5.51. The highest BCUT2D eigenvalue weighted by atomic mass is 16.2. The van der Waals surface area contributed by atoms with Crippen LogP contribution in [0.4, 0.5) is 10.5 Å². The molecule has 3 N–H and O–H groups in total. The molecule has 0 saturated carbocycles. The van der Waals surface area contributed by atoms with Gasteiger partial charge in [0.2, 0.25) is 5.91 Å². The molecule has 1 fully saturated rings. The summed E-state index contributed by atoms with van der Waals surface area (Å²) in [6.45, 7) is 9.10. The van der Waals surface area contributed by atoms with E-state index in [4.69, 9.17) is 0 Å². The molecule has 1 aliphatic heterocycles. The average Bonchev–Trinajstić information content (AvgIpc) is 2.50. The lowest BCUT2D eigenvalue weighted by Crippen LogP contribution is -2.53. The van der Waals surface area contributed by atoms with Gasteiger partial charge in [-0.3, -0.25) is 15.0 Å². The molecule has 1 saturated heterocycles. The van der Waals surface area contributed by atoms with E-state index in [-0.39, 0.29) is 11.9 Å². The minimum atomic E-state index is -0.487. The molecule has 1 unspecified atom stereocenters. The largest absolute Gasteiger partial charge is 0.325 e. The molecule has 2 rings (SSSR count). The van der Waals surface area contributed by atoms with E-state index in [9.17, 15) is 9.59 Å². The number of rotatable bonds is 3. The zero-order valence-electron chi connectivity index (χ0n) is 13.4. The van der Waals surface area contributed by atoms with Crippen molar-refractivity contribution in [2.24, 2.45) is 0 Å². The molecular weight excluding hydrogens is 280 g/mol. The Bertz CT molecular complexity index is 553. The number of hydrogen-bond donors (Lipinski definition) is 3. The first-order chi connectivity index (χ1) is 10.5. The van der Waals surface area contributed by atoms with Crippen molar-refractivity contribution in [3.05, 3.63) is 29.3 Å². The zero-order chi connectivity index (χ0) is 16.1. The van der Waals surface area contributed by atoms with E-state index in [1.807, 2.05) is 39.0 Å². The molecule has 6 nitrogen and oxygen atoms in total. The minimum absolute atomic E-state index is 0.274. The number of nitrogens with one attached hydrogen (secondary N) is 3. The lowest BCUT2D eigenvalue weighted by atomic mass is 10.1. The van der Waals surface area contributed by atoms with Crippen LogP contribution in [0.2, 0.25) is 0 Å². The quantitative estimate of drug-likeness (QED) is 0.786. The summed E-state index contributed by atoms with van der Waals surface area (Å²) in [4.78, 5) is 26.2. The van der Waals surface area contributed by atoms with Gasteiger partial charge in [-0.15, -0.1) is 0 Å². The highest BCUT2D eigenvalue weighted by Crippen LogP contribution is 2.15. The van der Waals surface area contributed by atoms with E-state index in [2.05, 4.69) is 20.9 Å². The molecule has 1 aliphatic rings. The number of carbonyl (C=O) groups excluding carboxylic acids is 2. The molecule has 22 heavy (non-hydrogen) atoms. The van der Waals surface area contributed by atoms with Crippen LogP contribution in [-0.2, 0) is 4.79 Å². The summed E-state index contributed by atoms with van der Waals surface area (Å²) >= 11 is 0. The van der Waals surface area contributed by atoms with Gasteiger partial charge in [-0.2, -0.15) is 0 Å². The second-order valence-electron chi connectivity index (χ2n) is 5.72. The van der Waals surface area contributed by atoms with Gasteiger partial charge in [-0.1, -0.05) is 17.7 Å². The van der Waals surface area contributed by atoms with Gasteiger partial charge in [0.15, 0.2) is 0 Å². The van der Waals surface area contributed by atoms with Crippen LogP contribution < -0.4 is 16.0 Å². The first-order valence-electron chi connectivity index (χ1n) is 7.61. The van der Waals surface area contributed by atoms with Crippen LogP contribution in [0, 0.1) is 13.8 Å². The van der Waals surface area contributed by atoms with E-state index in [1.165, 1.54) is 0 Å². The van der Waals surface area contributed by atoms with Crippen molar-refractivity contribution in [2.45, 2.75) is 26.8 Å². The maximum absolute atomic E-state index is 12.1. The molecule has 120 valence electrons. The number of aryl methyl sites for hydroxylation is 2. The van der Waals surface area contributed by atoms with Gasteiger partial charge in [0, 0.05) is 31.9 Å². The predicted octanol–water partition coefficient (Wildman–Crippen LogP) is 1.25. The van der Waals surface area contributed by atoms with E-state index >= 15 is 0 Å². The van der Waals surface area contributed by atoms with Crippen molar-refractivity contribution < 1.29 is 9.59 Å². The summed E-state index contributed by atoms with van der Waals surface area (Å²) in [5.41, 5.74) is 2.82. The Labute approximate surface area is 131 Å². The molecule has 1 aromatic rings. The van der Waals surface area contributed by atoms with Gasteiger partial charge in [0.1, 0.15) is 0 Å². The molecule has 6 heteroatoms. The summed E-state index contributed by atoms with van der Waals surface area (Å²) in [6, 6.07) is 4.95. The summed E-state index contributed by atoms with van der Waals surface area (Å²) in [5, 5.41) is 8.38. The average molecular weight is 304 g/mol. The predicted molar refractivity (Wildman–Crippen MR) is 87.0 cm³/mol. The third-order valence-corrected chi connectivity index (χ3v) is 3.95. The molecule has 0 aromatic heterocycles. The summed E-state index contributed by atoms with van der Waals surface area (Å²) in [5.74, 6) is -0.274. The van der Waals surface area contributed by atoms with Crippen LogP contribution in [0.15, 0.2) is 18.2 Å².